The molecule has 2 aliphatic rings. The third-order valence-electron chi connectivity index (χ3n) is 8.20. The van der Waals surface area contributed by atoms with Crippen LogP contribution in [-0.4, -0.2) is 41.3 Å². The second-order valence-electron chi connectivity index (χ2n) is 11.2. The van der Waals surface area contributed by atoms with Crippen LogP contribution in [0, 0.1) is 17.8 Å². The number of fused-ring (bicyclic) bond motifs is 1. The highest BCUT2D eigenvalue weighted by atomic mass is 35.5. The lowest BCUT2D eigenvalue weighted by atomic mass is 9.83. The zero-order valence-corrected chi connectivity index (χ0v) is 23.0. The third kappa shape index (κ3) is 5.91. The van der Waals surface area contributed by atoms with Crippen molar-refractivity contribution in [2.75, 3.05) is 6.61 Å². The molecule has 11 heteroatoms. The molecular weight excluding hydrogens is 518 g/mol. The molecule has 4 aromatic rings. The van der Waals surface area contributed by atoms with Crippen molar-refractivity contribution >= 4 is 22.8 Å². The van der Waals surface area contributed by atoms with E-state index in [1.54, 1.807) is 12.4 Å². The van der Waals surface area contributed by atoms with Gasteiger partial charge >= 0.3 is 5.76 Å². The van der Waals surface area contributed by atoms with E-state index >= 15 is 0 Å². The molecule has 4 aromatic heterocycles. The Morgan fingerprint density at radius 2 is 1.87 bits per heavy atom. The van der Waals surface area contributed by atoms with Crippen molar-refractivity contribution in [3.63, 3.8) is 0 Å². The summed E-state index contributed by atoms with van der Waals surface area (Å²) in [4.78, 5) is 33.0. The number of ether oxygens (including phenoxy) is 1. The summed E-state index contributed by atoms with van der Waals surface area (Å²) >= 11 is 6.34. The standard InChI is InChI=1S/C28H34ClN7O3/c1-17-7-9-18(10-8-17)14-36-22(16-38-15-19-5-3-2-4-6-19)31-25-24(36)23(20-11-21(29)13-30-12-20)32-26(33-25)27-34-28(37)39-35-27/h11-13,17-19H,2-10,14-16H2,1H3,(H,34,35,37). The van der Waals surface area contributed by atoms with Crippen molar-refractivity contribution < 1.29 is 9.26 Å². The van der Waals surface area contributed by atoms with Gasteiger partial charge in [-0.15, -0.1) is 0 Å². The monoisotopic (exact) mass is 551 g/mol. The van der Waals surface area contributed by atoms with Gasteiger partial charge in [0.25, 0.3) is 0 Å². The highest BCUT2D eigenvalue weighted by Crippen LogP contribution is 2.34. The van der Waals surface area contributed by atoms with Crippen molar-refractivity contribution in [3.8, 4) is 22.9 Å². The lowest BCUT2D eigenvalue weighted by Gasteiger charge is -2.27. The predicted molar refractivity (Wildman–Crippen MR) is 147 cm³/mol. The molecule has 1 N–H and O–H groups in total. The second kappa shape index (κ2) is 11.6. The Balaban J connectivity index is 1.43. The second-order valence-corrected chi connectivity index (χ2v) is 11.6. The lowest BCUT2D eigenvalue weighted by Crippen LogP contribution is -2.20. The summed E-state index contributed by atoms with van der Waals surface area (Å²) in [6.07, 6.45) is 14.5. The van der Waals surface area contributed by atoms with Gasteiger partial charge in [-0.3, -0.25) is 14.5 Å². The molecular formula is C28H34ClN7O3. The summed E-state index contributed by atoms with van der Waals surface area (Å²) in [6, 6.07) is 1.82. The van der Waals surface area contributed by atoms with E-state index in [0.29, 0.717) is 34.8 Å². The number of aromatic amines is 1. The van der Waals surface area contributed by atoms with Crippen LogP contribution in [0.15, 0.2) is 27.8 Å². The Labute approximate surface area is 231 Å². The molecule has 0 atom stereocenters. The van der Waals surface area contributed by atoms with Gasteiger partial charge in [-0.25, -0.2) is 19.7 Å². The van der Waals surface area contributed by atoms with Gasteiger partial charge in [0.2, 0.25) is 11.6 Å². The van der Waals surface area contributed by atoms with Crippen LogP contribution in [0.5, 0.6) is 0 Å². The van der Waals surface area contributed by atoms with Gasteiger partial charge in [0.15, 0.2) is 5.65 Å². The molecule has 4 heterocycles. The van der Waals surface area contributed by atoms with E-state index in [4.69, 9.17) is 35.8 Å². The predicted octanol–water partition coefficient (Wildman–Crippen LogP) is 5.81. The summed E-state index contributed by atoms with van der Waals surface area (Å²) < 4.78 is 13.2. The van der Waals surface area contributed by atoms with E-state index in [1.807, 2.05) is 6.07 Å². The van der Waals surface area contributed by atoms with E-state index < -0.39 is 5.76 Å². The first kappa shape index (κ1) is 26.1. The highest BCUT2D eigenvalue weighted by molar-refractivity contribution is 6.30. The van der Waals surface area contributed by atoms with Crippen LogP contribution >= 0.6 is 11.6 Å². The number of hydrogen-bond donors (Lipinski definition) is 1. The van der Waals surface area contributed by atoms with Crippen LogP contribution in [0.1, 0.15) is 70.5 Å². The Morgan fingerprint density at radius 1 is 1.05 bits per heavy atom. The molecule has 0 amide bonds. The number of nitrogens with one attached hydrogen (secondary N) is 1. The van der Waals surface area contributed by atoms with Gasteiger partial charge in [-0.05, 0) is 49.5 Å². The first-order valence-corrected chi connectivity index (χ1v) is 14.4. The summed E-state index contributed by atoms with van der Waals surface area (Å²) in [6.45, 7) is 4.29. The van der Waals surface area contributed by atoms with Crippen molar-refractivity contribution in [2.45, 2.75) is 77.9 Å². The molecule has 206 valence electrons. The number of imidazole rings is 1. The van der Waals surface area contributed by atoms with Crippen LogP contribution in [0.4, 0.5) is 0 Å². The number of hydrogen-bond acceptors (Lipinski definition) is 8. The number of nitrogens with zero attached hydrogens (tertiary/aromatic N) is 6. The molecule has 39 heavy (non-hydrogen) atoms. The van der Waals surface area contributed by atoms with Crippen LogP contribution in [0.25, 0.3) is 34.1 Å². The third-order valence-corrected chi connectivity index (χ3v) is 8.40. The van der Waals surface area contributed by atoms with E-state index in [1.165, 1.54) is 57.8 Å². The Bertz CT molecular complexity index is 1480. The van der Waals surface area contributed by atoms with E-state index in [2.05, 4.69) is 26.6 Å². The minimum atomic E-state index is -0.673. The number of halogens is 1. The summed E-state index contributed by atoms with van der Waals surface area (Å²) in [5.74, 6) is 2.43. The molecule has 0 radical (unpaired) electrons. The van der Waals surface area contributed by atoms with Crippen molar-refractivity contribution in [2.24, 2.45) is 17.8 Å². The van der Waals surface area contributed by atoms with Gasteiger partial charge in [-0.1, -0.05) is 55.8 Å². The van der Waals surface area contributed by atoms with Gasteiger partial charge in [0.1, 0.15) is 23.6 Å². The van der Waals surface area contributed by atoms with Crippen molar-refractivity contribution in [1.82, 2.24) is 34.6 Å². The molecule has 6 rings (SSSR count). The number of aromatic nitrogens is 7. The van der Waals surface area contributed by atoms with Gasteiger partial charge in [0, 0.05) is 31.1 Å². The fraction of sp³-hybridized carbons (Fsp3) is 0.571. The zero-order valence-electron chi connectivity index (χ0n) is 22.2. The molecule has 0 saturated heterocycles. The number of rotatable bonds is 8. The lowest BCUT2D eigenvalue weighted by molar-refractivity contribution is 0.0678. The molecule has 2 saturated carbocycles. The molecule has 0 aliphatic heterocycles. The Kier molecular flexibility index (Phi) is 7.74. The van der Waals surface area contributed by atoms with Gasteiger partial charge in [0.05, 0.1) is 5.02 Å². The Hall–Kier alpha value is -3.11. The average molecular weight is 552 g/mol. The Morgan fingerprint density at radius 3 is 2.62 bits per heavy atom. The first-order chi connectivity index (χ1) is 19.0. The average Bonchev–Trinajstić information content (AvgIpc) is 3.53. The smallest absolute Gasteiger partial charge is 0.373 e. The van der Waals surface area contributed by atoms with Crippen LogP contribution in [0.2, 0.25) is 5.02 Å². The molecule has 0 unspecified atom stereocenters. The van der Waals surface area contributed by atoms with E-state index in [9.17, 15) is 4.79 Å². The first-order valence-electron chi connectivity index (χ1n) is 14.1. The van der Waals surface area contributed by atoms with Crippen LogP contribution in [-0.2, 0) is 17.9 Å². The van der Waals surface area contributed by atoms with Gasteiger partial charge < -0.3 is 9.30 Å². The summed E-state index contributed by atoms with van der Waals surface area (Å²) in [5.41, 5.74) is 2.68. The zero-order chi connectivity index (χ0) is 26.8. The maximum Gasteiger partial charge on any atom is 0.439 e. The molecule has 2 fully saturated rings. The van der Waals surface area contributed by atoms with Crippen LogP contribution in [0.3, 0.4) is 0 Å². The van der Waals surface area contributed by atoms with E-state index in [-0.39, 0.29) is 11.6 Å². The van der Waals surface area contributed by atoms with Crippen molar-refractivity contribution in [1.29, 1.82) is 0 Å². The van der Waals surface area contributed by atoms with Crippen molar-refractivity contribution in [3.05, 3.63) is 39.9 Å². The molecule has 2 aliphatic carbocycles. The SMILES string of the molecule is CC1CCC(Cn2c(COCC3CCCCC3)nc3nc(-c4noc(=O)[nH]4)nc(-c4cncc(Cl)c4)c32)CC1. The number of pyridine rings is 1. The van der Waals surface area contributed by atoms with Crippen LogP contribution < -0.4 is 5.76 Å². The number of H-pyrrole nitrogens is 1. The summed E-state index contributed by atoms with van der Waals surface area (Å²) in [7, 11) is 0. The molecule has 0 spiro atoms. The quantitative estimate of drug-likeness (QED) is 0.291. The maximum absolute atomic E-state index is 11.7. The summed E-state index contributed by atoms with van der Waals surface area (Å²) in [5, 5.41) is 4.31. The van der Waals surface area contributed by atoms with Gasteiger partial charge in [-0.2, -0.15) is 0 Å². The topological polar surface area (TPSA) is 125 Å². The normalized spacial score (nSPS) is 20.6. The molecule has 0 aromatic carbocycles. The minimum Gasteiger partial charge on any atom is -0.373 e. The largest absolute Gasteiger partial charge is 0.439 e. The van der Waals surface area contributed by atoms with E-state index in [0.717, 1.165) is 36.0 Å². The molecule has 10 nitrogen and oxygen atoms in total. The minimum absolute atomic E-state index is 0.143. The highest BCUT2D eigenvalue weighted by Gasteiger charge is 2.26. The maximum atomic E-state index is 11.7. The fourth-order valence-electron chi connectivity index (χ4n) is 6.00. The molecule has 0 bridgehead atoms. The fourth-order valence-corrected chi connectivity index (χ4v) is 6.18.